The fourth-order valence-corrected chi connectivity index (χ4v) is 2.25. The van der Waals surface area contributed by atoms with Crippen LogP contribution >= 0.6 is 11.6 Å². The highest BCUT2D eigenvalue weighted by Gasteiger charge is 2.07. The van der Waals surface area contributed by atoms with Crippen LogP contribution in [0.2, 0.25) is 5.02 Å². The number of aliphatic hydroxyl groups excluding tert-OH is 1. The minimum Gasteiger partial charge on any atom is -0.484 e. The maximum atomic E-state index is 13.3. The summed E-state index contributed by atoms with van der Waals surface area (Å²) in [6, 6.07) is 7.02. The van der Waals surface area contributed by atoms with Crippen LogP contribution in [0.3, 0.4) is 0 Å². The van der Waals surface area contributed by atoms with Crippen LogP contribution in [-0.4, -0.2) is 54.8 Å². The zero-order valence-corrected chi connectivity index (χ0v) is 16.2. The molecule has 156 valence electrons. The number of aromatic nitrogens is 1. The lowest BCUT2D eigenvalue weighted by molar-refractivity contribution is -0.123. The van der Waals surface area contributed by atoms with Crippen LogP contribution in [0.25, 0.3) is 0 Å². The number of pyridine rings is 1. The Bertz CT molecular complexity index is 820. The second-order valence-electron chi connectivity index (χ2n) is 5.78. The monoisotopic (exact) mass is 425 g/mol. The van der Waals surface area contributed by atoms with Crippen LogP contribution in [0.4, 0.5) is 4.39 Å². The van der Waals surface area contributed by atoms with E-state index in [-0.39, 0.29) is 42.4 Å². The lowest BCUT2D eigenvalue weighted by Crippen LogP contribution is -2.32. The zero-order valence-electron chi connectivity index (χ0n) is 15.5. The standard InChI is InChI=1S/C19H21ClFN3O5/c20-15-4-3-14(10-16(15)21)29-12-17(26)22-6-1-7-23-19(27)13-2-5-18(24-11-13)28-9-8-25/h2-5,10-11,25H,1,6-9,12H2,(H,22,26)(H,23,27). The molecule has 0 saturated carbocycles. The highest BCUT2D eigenvalue weighted by atomic mass is 35.5. The van der Waals surface area contributed by atoms with E-state index in [1.807, 2.05) is 0 Å². The number of nitrogens with one attached hydrogen (secondary N) is 2. The molecule has 2 amide bonds. The minimum absolute atomic E-state index is 0.0226. The molecule has 0 spiro atoms. The highest BCUT2D eigenvalue weighted by Crippen LogP contribution is 2.20. The number of amides is 2. The molecule has 2 aromatic rings. The quantitative estimate of drug-likeness (QED) is 0.471. The number of hydrogen-bond acceptors (Lipinski definition) is 6. The SMILES string of the molecule is O=C(COc1ccc(Cl)c(F)c1)NCCCNC(=O)c1ccc(OCCO)nc1. The van der Waals surface area contributed by atoms with Crippen LogP contribution in [0.1, 0.15) is 16.8 Å². The zero-order chi connectivity index (χ0) is 21.1. The topological polar surface area (TPSA) is 110 Å². The van der Waals surface area contributed by atoms with E-state index in [1.54, 1.807) is 6.07 Å². The van der Waals surface area contributed by atoms with Gasteiger partial charge in [-0.3, -0.25) is 9.59 Å². The maximum Gasteiger partial charge on any atom is 0.257 e. The summed E-state index contributed by atoms with van der Waals surface area (Å²) in [6.07, 6.45) is 1.89. The predicted molar refractivity (Wildman–Crippen MR) is 104 cm³/mol. The van der Waals surface area contributed by atoms with Gasteiger partial charge in [0.25, 0.3) is 11.8 Å². The van der Waals surface area contributed by atoms with Crippen LogP contribution in [0.15, 0.2) is 36.5 Å². The van der Waals surface area contributed by atoms with Gasteiger partial charge in [-0.2, -0.15) is 0 Å². The van der Waals surface area contributed by atoms with Gasteiger partial charge in [0.15, 0.2) is 6.61 Å². The maximum absolute atomic E-state index is 13.3. The summed E-state index contributed by atoms with van der Waals surface area (Å²) in [5.41, 5.74) is 0.369. The molecule has 1 aromatic heterocycles. The molecule has 0 saturated heterocycles. The summed E-state index contributed by atoms with van der Waals surface area (Å²) in [6.45, 7) is 0.441. The van der Waals surface area contributed by atoms with Gasteiger partial charge in [0, 0.05) is 31.4 Å². The van der Waals surface area contributed by atoms with Crippen molar-refractivity contribution in [2.24, 2.45) is 0 Å². The average molecular weight is 426 g/mol. The Hall–Kier alpha value is -2.91. The Morgan fingerprint density at radius 3 is 2.62 bits per heavy atom. The third-order valence-electron chi connectivity index (χ3n) is 3.56. The lowest BCUT2D eigenvalue weighted by atomic mass is 10.2. The molecule has 29 heavy (non-hydrogen) atoms. The largest absolute Gasteiger partial charge is 0.484 e. The molecule has 1 heterocycles. The van der Waals surface area contributed by atoms with Crippen molar-refractivity contribution in [2.45, 2.75) is 6.42 Å². The number of carbonyl (C=O) groups is 2. The summed E-state index contributed by atoms with van der Waals surface area (Å²) < 4.78 is 23.6. The molecule has 1 aromatic carbocycles. The molecule has 0 atom stereocenters. The molecule has 0 radical (unpaired) electrons. The first-order valence-corrected chi connectivity index (χ1v) is 9.20. The Labute approximate surface area is 172 Å². The predicted octanol–water partition coefficient (Wildman–Crippen LogP) is 1.56. The Morgan fingerprint density at radius 2 is 1.93 bits per heavy atom. The molecule has 0 aliphatic heterocycles. The van der Waals surface area contributed by atoms with Gasteiger partial charge < -0.3 is 25.2 Å². The Kier molecular flexibility index (Phi) is 9.13. The summed E-state index contributed by atoms with van der Waals surface area (Å²) >= 11 is 5.57. The van der Waals surface area contributed by atoms with Gasteiger partial charge in [0.1, 0.15) is 18.2 Å². The fourth-order valence-electron chi connectivity index (χ4n) is 2.14. The normalized spacial score (nSPS) is 10.3. The third kappa shape index (κ3) is 7.92. The second kappa shape index (κ2) is 11.8. The smallest absolute Gasteiger partial charge is 0.257 e. The van der Waals surface area contributed by atoms with E-state index in [1.165, 1.54) is 24.4 Å². The number of halogens is 2. The molecular formula is C19H21ClFN3O5. The number of rotatable bonds is 11. The van der Waals surface area contributed by atoms with E-state index in [2.05, 4.69) is 15.6 Å². The van der Waals surface area contributed by atoms with Gasteiger partial charge in [-0.25, -0.2) is 9.37 Å². The van der Waals surface area contributed by atoms with Crippen LogP contribution in [0.5, 0.6) is 11.6 Å². The van der Waals surface area contributed by atoms with Gasteiger partial charge in [-0.1, -0.05) is 11.6 Å². The number of hydrogen-bond donors (Lipinski definition) is 3. The molecule has 3 N–H and O–H groups in total. The first-order chi connectivity index (χ1) is 14.0. The molecule has 0 unspecified atom stereocenters. The molecule has 0 fully saturated rings. The molecule has 0 bridgehead atoms. The number of carbonyl (C=O) groups excluding carboxylic acids is 2. The summed E-state index contributed by atoms with van der Waals surface area (Å²) in [5, 5.41) is 14.0. The van der Waals surface area contributed by atoms with Crippen molar-refractivity contribution in [1.82, 2.24) is 15.6 Å². The van der Waals surface area contributed by atoms with Gasteiger partial charge in [-0.15, -0.1) is 0 Å². The summed E-state index contributed by atoms with van der Waals surface area (Å²) in [4.78, 5) is 27.7. The van der Waals surface area contributed by atoms with E-state index in [0.29, 0.717) is 31.0 Å². The number of nitrogens with zero attached hydrogens (tertiary/aromatic N) is 1. The van der Waals surface area contributed by atoms with Crippen molar-refractivity contribution in [3.8, 4) is 11.6 Å². The number of ether oxygens (including phenoxy) is 2. The Morgan fingerprint density at radius 1 is 1.14 bits per heavy atom. The van der Waals surface area contributed by atoms with E-state index in [4.69, 9.17) is 26.2 Å². The van der Waals surface area contributed by atoms with E-state index >= 15 is 0 Å². The molecule has 2 rings (SSSR count). The van der Waals surface area contributed by atoms with Crippen LogP contribution < -0.4 is 20.1 Å². The lowest BCUT2D eigenvalue weighted by Gasteiger charge is -2.09. The van der Waals surface area contributed by atoms with Crippen molar-refractivity contribution >= 4 is 23.4 Å². The molecular weight excluding hydrogens is 405 g/mol. The second-order valence-corrected chi connectivity index (χ2v) is 6.19. The van der Waals surface area contributed by atoms with Crippen molar-refractivity contribution in [1.29, 1.82) is 0 Å². The first kappa shape index (κ1) is 22.4. The van der Waals surface area contributed by atoms with Gasteiger partial charge in [0.05, 0.1) is 17.2 Å². The van der Waals surface area contributed by atoms with Gasteiger partial charge in [0.2, 0.25) is 5.88 Å². The third-order valence-corrected chi connectivity index (χ3v) is 3.87. The number of aliphatic hydroxyl groups is 1. The highest BCUT2D eigenvalue weighted by molar-refractivity contribution is 6.30. The van der Waals surface area contributed by atoms with Gasteiger partial charge in [-0.05, 0) is 24.6 Å². The van der Waals surface area contributed by atoms with Crippen molar-refractivity contribution < 1.29 is 28.6 Å². The van der Waals surface area contributed by atoms with E-state index in [0.717, 1.165) is 6.07 Å². The molecule has 8 nitrogen and oxygen atoms in total. The minimum atomic E-state index is -0.622. The van der Waals surface area contributed by atoms with Gasteiger partial charge >= 0.3 is 0 Å². The van der Waals surface area contributed by atoms with Crippen molar-refractivity contribution in [3.05, 3.63) is 52.9 Å². The molecule has 0 aliphatic carbocycles. The van der Waals surface area contributed by atoms with E-state index in [9.17, 15) is 14.0 Å². The summed E-state index contributed by atoms with van der Waals surface area (Å²) in [7, 11) is 0. The number of benzene rings is 1. The Balaban J connectivity index is 1.60. The molecule has 0 aliphatic rings. The fraction of sp³-hybridized carbons (Fsp3) is 0.316. The summed E-state index contributed by atoms with van der Waals surface area (Å²) in [5.74, 6) is -0.764. The van der Waals surface area contributed by atoms with Crippen LogP contribution in [0, 0.1) is 5.82 Å². The average Bonchev–Trinajstić information content (AvgIpc) is 2.73. The van der Waals surface area contributed by atoms with Crippen LogP contribution in [-0.2, 0) is 4.79 Å². The van der Waals surface area contributed by atoms with Crippen molar-refractivity contribution in [3.63, 3.8) is 0 Å². The molecule has 10 heteroatoms. The first-order valence-electron chi connectivity index (χ1n) is 8.82. The van der Waals surface area contributed by atoms with E-state index < -0.39 is 5.82 Å². The van der Waals surface area contributed by atoms with Crippen molar-refractivity contribution in [2.75, 3.05) is 32.9 Å².